The molecule has 0 aliphatic rings. The molecule has 7 nitrogen and oxygen atoms in total. The first-order valence-electron chi connectivity index (χ1n) is 7.36. The van der Waals surface area contributed by atoms with E-state index in [4.69, 9.17) is 8.94 Å². The fourth-order valence-electron chi connectivity index (χ4n) is 2.05. The summed E-state index contributed by atoms with van der Waals surface area (Å²) in [6.07, 6.45) is 4.08. The van der Waals surface area contributed by atoms with Crippen LogP contribution in [0.5, 0.6) is 0 Å². The van der Waals surface area contributed by atoms with Gasteiger partial charge in [-0.25, -0.2) is 0 Å². The fraction of sp³-hybridized carbons (Fsp3) is 0.250. The number of aromatic nitrogens is 3. The van der Waals surface area contributed by atoms with Crippen LogP contribution in [0.3, 0.4) is 0 Å². The van der Waals surface area contributed by atoms with Crippen LogP contribution < -0.4 is 5.32 Å². The Morgan fingerprint density at radius 1 is 1.29 bits per heavy atom. The molecule has 0 fully saturated rings. The molecule has 0 radical (unpaired) electrons. The van der Waals surface area contributed by atoms with Crippen LogP contribution in [-0.4, -0.2) is 33.8 Å². The molecule has 0 atom stereocenters. The van der Waals surface area contributed by atoms with Crippen LogP contribution in [-0.2, 0) is 12.2 Å². The Balaban J connectivity index is 1.51. The summed E-state index contributed by atoms with van der Waals surface area (Å²) in [6.45, 7) is 0.376. The molecule has 24 heavy (non-hydrogen) atoms. The van der Waals surface area contributed by atoms with Crippen LogP contribution in [0.2, 0.25) is 0 Å². The highest BCUT2D eigenvalue weighted by molar-refractivity contribution is 7.97. The summed E-state index contributed by atoms with van der Waals surface area (Å²) in [7, 11) is 0. The van der Waals surface area contributed by atoms with Crippen molar-refractivity contribution in [2.24, 2.45) is 0 Å². The summed E-state index contributed by atoms with van der Waals surface area (Å²) >= 11 is 1.64. The molecule has 3 heterocycles. The second-order valence-corrected chi connectivity index (χ2v) is 5.80. The summed E-state index contributed by atoms with van der Waals surface area (Å²) in [5.41, 5.74) is 0.647. The van der Waals surface area contributed by atoms with Gasteiger partial charge in [-0.1, -0.05) is 11.2 Å². The van der Waals surface area contributed by atoms with Crippen molar-refractivity contribution in [1.29, 1.82) is 0 Å². The molecule has 124 valence electrons. The first-order valence-corrected chi connectivity index (χ1v) is 8.75. The minimum atomic E-state index is -0.258. The number of nitrogens with zero attached hydrogens (tertiary/aromatic N) is 3. The molecule has 0 saturated carbocycles. The molecule has 0 saturated heterocycles. The summed E-state index contributed by atoms with van der Waals surface area (Å²) in [4.78, 5) is 20.4. The predicted octanol–water partition coefficient (Wildman–Crippen LogP) is 2.56. The van der Waals surface area contributed by atoms with Crippen LogP contribution in [0, 0.1) is 0 Å². The first kappa shape index (κ1) is 16.3. The quantitative estimate of drug-likeness (QED) is 0.704. The third-order valence-corrected chi connectivity index (χ3v) is 3.73. The van der Waals surface area contributed by atoms with Crippen molar-refractivity contribution in [3.05, 3.63) is 53.9 Å². The van der Waals surface area contributed by atoms with E-state index in [1.165, 1.54) is 0 Å². The smallest absolute Gasteiger partial charge is 0.287 e. The zero-order chi connectivity index (χ0) is 16.8. The van der Waals surface area contributed by atoms with E-state index in [0.29, 0.717) is 36.1 Å². The molecule has 3 aromatic rings. The lowest BCUT2D eigenvalue weighted by Crippen LogP contribution is -2.25. The minimum Gasteiger partial charge on any atom is -0.455 e. The number of thioether (sulfide) groups is 1. The van der Waals surface area contributed by atoms with E-state index >= 15 is 0 Å². The van der Waals surface area contributed by atoms with Gasteiger partial charge in [-0.15, -0.1) is 0 Å². The standard InChI is InChI=1S/C16H16N4O3S/c1-24-10-11-5-6-13(22-11)16(21)18-9-7-14-19-15(20-23-14)12-4-2-3-8-17-12/h2-6,8H,7,9-10H2,1H3,(H,18,21). The lowest BCUT2D eigenvalue weighted by atomic mass is 10.3. The third-order valence-electron chi connectivity index (χ3n) is 3.16. The summed E-state index contributed by atoms with van der Waals surface area (Å²) in [6, 6.07) is 8.96. The number of carbonyl (C=O) groups excluding carboxylic acids is 1. The van der Waals surface area contributed by atoms with Crippen molar-refractivity contribution in [2.75, 3.05) is 12.8 Å². The molecule has 8 heteroatoms. The highest BCUT2D eigenvalue weighted by Gasteiger charge is 2.12. The number of nitrogens with one attached hydrogen (secondary N) is 1. The van der Waals surface area contributed by atoms with E-state index in [0.717, 1.165) is 11.5 Å². The maximum absolute atomic E-state index is 12.0. The first-order chi connectivity index (χ1) is 11.8. The van der Waals surface area contributed by atoms with E-state index in [-0.39, 0.29) is 5.91 Å². The lowest BCUT2D eigenvalue weighted by molar-refractivity contribution is 0.0924. The topological polar surface area (TPSA) is 94.1 Å². The second-order valence-electron chi connectivity index (χ2n) is 4.93. The molecule has 3 rings (SSSR count). The number of amides is 1. The van der Waals surface area contributed by atoms with Crippen molar-refractivity contribution in [3.8, 4) is 11.5 Å². The molecular weight excluding hydrogens is 328 g/mol. The summed E-state index contributed by atoms with van der Waals surface area (Å²) in [5.74, 6) is 2.45. The van der Waals surface area contributed by atoms with Gasteiger partial charge in [-0.3, -0.25) is 9.78 Å². The van der Waals surface area contributed by atoms with Crippen LogP contribution in [0.4, 0.5) is 0 Å². The van der Waals surface area contributed by atoms with Gasteiger partial charge in [0.05, 0.1) is 5.75 Å². The lowest BCUT2D eigenvalue weighted by Gasteiger charge is -2.00. The maximum atomic E-state index is 12.0. The van der Waals surface area contributed by atoms with Gasteiger partial charge < -0.3 is 14.3 Å². The largest absolute Gasteiger partial charge is 0.455 e. The van der Waals surface area contributed by atoms with Gasteiger partial charge in [0.2, 0.25) is 11.7 Å². The SMILES string of the molecule is CSCc1ccc(C(=O)NCCc2nc(-c3ccccn3)no2)o1. The van der Waals surface area contributed by atoms with Crippen molar-refractivity contribution in [2.45, 2.75) is 12.2 Å². The number of carbonyl (C=O) groups is 1. The predicted molar refractivity (Wildman–Crippen MR) is 89.5 cm³/mol. The Kier molecular flexibility index (Phi) is 5.27. The van der Waals surface area contributed by atoms with Crippen molar-refractivity contribution >= 4 is 17.7 Å². The molecule has 0 aliphatic heterocycles. The Labute approximate surface area is 142 Å². The van der Waals surface area contributed by atoms with Crippen LogP contribution >= 0.6 is 11.8 Å². The molecule has 0 aromatic carbocycles. The van der Waals surface area contributed by atoms with E-state index in [2.05, 4.69) is 20.4 Å². The highest BCUT2D eigenvalue weighted by Crippen LogP contribution is 2.14. The van der Waals surface area contributed by atoms with Crippen LogP contribution in [0.1, 0.15) is 22.2 Å². The average Bonchev–Trinajstić information content (AvgIpc) is 3.26. The molecule has 0 unspecified atom stereocenters. The number of rotatable bonds is 7. The average molecular weight is 344 g/mol. The molecule has 0 bridgehead atoms. The fourth-order valence-corrected chi connectivity index (χ4v) is 2.49. The number of hydrogen-bond acceptors (Lipinski definition) is 7. The van der Waals surface area contributed by atoms with Gasteiger partial charge in [-0.05, 0) is 30.5 Å². The Bertz CT molecular complexity index is 801. The third kappa shape index (κ3) is 4.02. The molecule has 3 aromatic heterocycles. The molecule has 1 N–H and O–H groups in total. The van der Waals surface area contributed by atoms with E-state index in [1.54, 1.807) is 30.1 Å². The van der Waals surface area contributed by atoms with Gasteiger partial charge in [0, 0.05) is 19.2 Å². The van der Waals surface area contributed by atoms with Gasteiger partial charge in [0.1, 0.15) is 11.5 Å². The Hall–Kier alpha value is -2.61. The van der Waals surface area contributed by atoms with Gasteiger partial charge >= 0.3 is 0 Å². The number of furan rings is 1. The second kappa shape index (κ2) is 7.78. The number of pyridine rings is 1. The monoisotopic (exact) mass is 344 g/mol. The molecule has 1 amide bonds. The molecule has 0 aliphatic carbocycles. The van der Waals surface area contributed by atoms with Crippen molar-refractivity contribution in [3.63, 3.8) is 0 Å². The maximum Gasteiger partial charge on any atom is 0.287 e. The van der Waals surface area contributed by atoms with Crippen molar-refractivity contribution in [1.82, 2.24) is 20.4 Å². The van der Waals surface area contributed by atoms with Gasteiger partial charge in [0.15, 0.2) is 5.76 Å². The van der Waals surface area contributed by atoms with Gasteiger partial charge in [-0.2, -0.15) is 16.7 Å². The van der Waals surface area contributed by atoms with Crippen LogP contribution in [0.15, 0.2) is 45.5 Å². The van der Waals surface area contributed by atoms with Gasteiger partial charge in [0.25, 0.3) is 5.91 Å². The van der Waals surface area contributed by atoms with Crippen molar-refractivity contribution < 1.29 is 13.7 Å². The Morgan fingerprint density at radius 3 is 3.00 bits per heavy atom. The van der Waals surface area contributed by atoms with E-state index in [1.807, 2.05) is 24.5 Å². The molecular formula is C16H16N4O3S. The number of hydrogen-bond donors (Lipinski definition) is 1. The minimum absolute atomic E-state index is 0.258. The normalized spacial score (nSPS) is 10.7. The van der Waals surface area contributed by atoms with E-state index < -0.39 is 0 Å². The highest BCUT2D eigenvalue weighted by atomic mass is 32.2. The zero-order valence-electron chi connectivity index (χ0n) is 13.1. The summed E-state index contributed by atoms with van der Waals surface area (Å²) < 4.78 is 10.6. The summed E-state index contributed by atoms with van der Waals surface area (Å²) in [5, 5.41) is 6.65. The Morgan fingerprint density at radius 2 is 2.21 bits per heavy atom. The zero-order valence-corrected chi connectivity index (χ0v) is 13.9. The van der Waals surface area contributed by atoms with E-state index in [9.17, 15) is 4.79 Å². The van der Waals surface area contributed by atoms with Crippen LogP contribution in [0.25, 0.3) is 11.5 Å². The molecule has 0 spiro atoms.